The number of nitro groups is 1. The van der Waals surface area contributed by atoms with Crippen molar-refractivity contribution in [2.24, 2.45) is 5.73 Å². The van der Waals surface area contributed by atoms with Gasteiger partial charge in [-0.05, 0) is 17.7 Å². The number of ether oxygens (including phenoxy) is 2. The van der Waals surface area contributed by atoms with Gasteiger partial charge in [0.15, 0.2) is 0 Å². The van der Waals surface area contributed by atoms with Crippen LogP contribution in [0.5, 0.6) is 5.75 Å². The highest BCUT2D eigenvalue weighted by Gasteiger charge is 2.20. The number of carbonyl (C=O) groups is 3. The average molecular weight is 548 g/mol. The summed E-state index contributed by atoms with van der Waals surface area (Å²) in [6, 6.07) is 12.9. The maximum atomic E-state index is 12.4. The summed E-state index contributed by atoms with van der Waals surface area (Å²) in [7, 11) is 0. The number of imidazole rings is 1. The van der Waals surface area contributed by atoms with Crippen LogP contribution in [0.1, 0.15) is 11.3 Å². The first-order chi connectivity index (χ1) is 16.3. The number of nitrogens with one attached hydrogen (secondary N) is 1. The molecule has 35 heavy (non-hydrogen) atoms. The summed E-state index contributed by atoms with van der Waals surface area (Å²) in [5.74, 6) is -1.35. The highest BCUT2D eigenvalue weighted by Crippen LogP contribution is 2.17. The van der Waals surface area contributed by atoms with Gasteiger partial charge in [-0.25, -0.2) is 19.1 Å². The second-order valence-electron chi connectivity index (χ2n) is 7.05. The smallest absolute Gasteiger partial charge is 0.419 e. The van der Waals surface area contributed by atoms with Crippen molar-refractivity contribution in [2.45, 2.75) is 19.1 Å². The summed E-state index contributed by atoms with van der Waals surface area (Å²) in [4.78, 5) is 50.5. The van der Waals surface area contributed by atoms with Crippen LogP contribution in [0.2, 0.25) is 0 Å². The molecule has 1 heterocycles. The molecule has 0 aliphatic heterocycles. The van der Waals surface area contributed by atoms with E-state index < -0.39 is 35.5 Å². The summed E-state index contributed by atoms with van der Waals surface area (Å²) in [6.07, 6.45) is 1.94. The number of halogens is 1. The zero-order valence-corrected chi connectivity index (χ0v) is 19.9. The molecule has 0 saturated heterocycles. The first-order valence-electron chi connectivity index (χ1n) is 10.0. The van der Waals surface area contributed by atoms with Crippen LogP contribution in [0.3, 0.4) is 0 Å². The Morgan fingerprint density at radius 1 is 1.11 bits per heavy atom. The Morgan fingerprint density at radius 3 is 2.46 bits per heavy atom. The Kier molecular flexibility index (Phi) is 10.1. The van der Waals surface area contributed by atoms with Gasteiger partial charge < -0.3 is 20.5 Å². The van der Waals surface area contributed by atoms with E-state index in [2.05, 4.69) is 10.3 Å². The molecule has 0 fully saturated rings. The number of aromatic nitrogens is 2. The predicted molar refractivity (Wildman–Crippen MR) is 128 cm³/mol. The second kappa shape index (κ2) is 13.0. The minimum atomic E-state index is -1.08. The fourth-order valence-electron chi connectivity index (χ4n) is 2.84. The van der Waals surface area contributed by atoms with Crippen molar-refractivity contribution in [3.05, 3.63) is 88.5 Å². The normalized spacial score (nSPS) is 11.0. The lowest BCUT2D eigenvalue weighted by atomic mass is 10.1. The van der Waals surface area contributed by atoms with Crippen LogP contribution in [-0.2, 0) is 27.4 Å². The molecule has 0 aliphatic carbocycles. The molecule has 3 aromatic rings. The van der Waals surface area contributed by atoms with E-state index in [9.17, 15) is 24.5 Å². The number of benzene rings is 2. The number of hydrogen-bond donors (Lipinski definition) is 2. The molecule has 12 nitrogen and oxygen atoms in total. The summed E-state index contributed by atoms with van der Waals surface area (Å²) in [5.41, 5.74) is 6.92. The number of carbonyl (C=O) groups excluding carboxylic acids is 3. The molecule has 0 radical (unpaired) electrons. The molecular formula is C22H22BrN5O7. The van der Waals surface area contributed by atoms with Crippen molar-refractivity contribution in [3.63, 3.8) is 0 Å². The molecule has 0 spiro atoms. The Hall–Kier alpha value is -4.10. The van der Waals surface area contributed by atoms with E-state index in [1.165, 1.54) is 36.8 Å². The zero-order chi connectivity index (χ0) is 24.5. The molecule has 3 N–H and O–H groups in total. The SMILES string of the molecule is Br.NC(Cc1cncn1C(=O)OCc1ccccc1)C(=O)NCC(=O)Oc1ccc([N+](=O)[O-])cc1. The monoisotopic (exact) mass is 547 g/mol. The first-order valence-corrected chi connectivity index (χ1v) is 10.0. The molecule has 1 amide bonds. The third kappa shape index (κ3) is 8.01. The van der Waals surface area contributed by atoms with Crippen LogP contribution in [0.15, 0.2) is 67.1 Å². The van der Waals surface area contributed by atoms with Crippen molar-refractivity contribution in [3.8, 4) is 5.75 Å². The third-order valence-electron chi connectivity index (χ3n) is 4.57. The Morgan fingerprint density at radius 2 is 1.80 bits per heavy atom. The second-order valence-corrected chi connectivity index (χ2v) is 7.05. The molecule has 0 saturated carbocycles. The van der Waals surface area contributed by atoms with Crippen LogP contribution in [0.4, 0.5) is 10.5 Å². The average Bonchev–Trinajstić information content (AvgIpc) is 3.30. The largest absolute Gasteiger partial charge is 0.444 e. The lowest BCUT2D eigenvalue weighted by Crippen LogP contribution is -2.44. The van der Waals surface area contributed by atoms with Gasteiger partial charge in [0, 0.05) is 24.8 Å². The van der Waals surface area contributed by atoms with Crippen LogP contribution >= 0.6 is 17.0 Å². The highest BCUT2D eigenvalue weighted by molar-refractivity contribution is 8.93. The third-order valence-corrected chi connectivity index (χ3v) is 4.57. The van der Waals surface area contributed by atoms with Crippen molar-refractivity contribution >= 4 is 40.6 Å². The lowest BCUT2D eigenvalue weighted by molar-refractivity contribution is -0.384. The van der Waals surface area contributed by atoms with Gasteiger partial charge in [-0.3, -0.25) is 14.9 Å². The van der Waals surface area contributed by atoms with Crippen molar-refractivity contribution in [1.82, 2.24) is 14.9 Å². The van der Waals surface area contributed by atoms with Gasteiger partial charge >= 0.3 is 12.1 Å². The van der Waals surface area contributed by atoms with E-state index in [1.807, 2.05) is 30.3 Å². The fraction of sp³-hybridized carbons (Fsp3) is 0.182. The van der Waals surface area contributed by atoms with Gasteiger partial charge in [0.05, 0.1) is 16.7 Å². The number of hydrogen-bond acceptors (Lipinski definition) is 9. The van der Waals surface area contributed by atoms with Crippen LogP contribution in [0, 0.1) is 10.1 Å². The number of nitrogens with zero attached hydrogens (tertiary/aromatic N) is 3. The standard InChI is InChI=1S/C22H21N5O7.BrH/c23-19(21(29)25-12-20(28)34-18-8-6-16(7-9-18)27(31)32)10-17-11-24-14-26(17)22(30)33-13-15-4-2-1-3-5-15;/h1-9,11,14,19H,10,12-13,23H2,(H,25,29);1H. The first kappa shape index (κ1) is 27.1. The molecule has 0 aliphatic rings. The van der Waals surface area contributed by atoms with Crippen molar-refractivity contribution in [2.75, 3.05) is 6.54 Å². The number of esters is 1. The van der Waals surface area contributed by atoms with Gasteiger partial charge in [-0.15, -0.1) is 17.0 Å². The minimum Gasteiger partial charge on any atom is -0.444 e. The van der Waals surface area contributed by atoms with E-state index in [-0.39, 0.29) is 41.4 Å². The Bertz CT molecular complexity index is 1170. The van der Waals surface area contributed by atoms with Gasteiger partial charge in [0.1, 0.15) is 25.2 Å². The molecule has 184 valence electrons. The molecule has 13 heteroatoms. The number of nitro benzene ring substituents is 1. The van der Waals surface area contributed by atoms with E-state index in [1.54, 1.807) is 0 Å². The quantitative estimate of drug-likeness (QED) is 0.176. The van der Waals surface area contributed by atoms with E-state index >= 15 is 0 Å². The summed E-state index contributed by atoms with van der Waals surface area (Å²) in [6.45, 7) is -0.400. The van der Waals surface area contributed by atoms with Gasteiger partial charge in [0.25, 0.3) is 5.69 Å². The summed E-state index contributed by atoms with van der Waals surface area (Å²) in [5, 5.41) is 13.0. The van der Waals surface area contributed by atoms with Crippen molar-refractivity contribution in [1.29, 1.82) is 0 Å². The van der Waals surface area contributed by atoms with E-state index in [4.69, 9.17) is 15.2 Å². The maximum absolute atomic E-state index is 12.4. The Balaban J connectivity index is 0.00000432. The fourth-order valence-corrected chi connectivity index (χ4v) is 2.84. The molecule has 2 aromatic carbocycles. The molecule has 3 rings (SSSR count). The molecule has 0 bridgehead atoms. The molecule has 1 atom stereocenters. The summed E-state index contributed by atoms with van der Waals surface area (Å²) >= 11 is 0. The number of non-ortho nitro benzene ring substituents is 1. The van der Waals surface area contributed by atoms with Crippen LogP contribution < -0.4 is 15.8 Å². The highest BCUT2D eigenvalue weighted by atomic mass is 79.9. The van der Waals surface area contributed by atoms with Crippen LogP contribution in [-0.4, -0.2) is 45.0 Å². The zero-order valence-electron chi connectivity index (χ0n) is 18.2. The molecule has 1 aromatic heterocycles. The lowest BCUT2D eigenvalue weighted by Gasteiger charge is -2.13. The van der Waals surface area contributed by atoms with Gasteiger partial charge in [-0.1, -0.05) is 30.3 Å². The van der Waals surface area contributed by atoms with E-state index in [0.29, 0.717) is 5.69 Å². The Labute approximate surface area is 210 Å². The number of rotatable bonds is 9. The number of nitrogens with two attached hydrogens (primary N) is 1. The molecule has 1 unspecified atom stereocenters. The summed E-state index contributed by atoms with van der Waals surface area (Å²) < 4.78 is 11.4. The van der Waals surface area contributed by atoms with Gasteiger partial charge in [0.2, 0.25) is 5.91 Å². The topological polar surface area (TPSA) is 169 Å². The maximum Gasteiger partial charge on any atom is 0.419 e. The predicted octanol–water partition coefficient (Wildman–Crippen LogP) is 2.15. The van der Waals surface area contributed by atoms with Crippen molar-refractivity contribution < 1.29 is 28.8 Å². The molecular weight excluding hydrogens is 526 g/mol. The number of amides is 1. The van der Waals surface area contributed by atoms with Crippen LogP contribution in [0.25, 0.3) is 0 Å². The minimum absolute atomic E-state index is 0. The van der Waals surface area contributed by atoms with Gasteiger partial charge in [-0.2, -0.15) is 0 Å². The van der Waals surface area contributed by atoms with E-state index in [0.717, 1.165) is 10.1 Å².